The van der Waals surface area contributed by atoms with E-state index in [1.807, 2.05) is 20.8 Å². The van der Waals surface area contributed by atoms with Crippen molar-refractivity contribution in [2.24, 2.45) is 5.41 Å². The maximum atomic E-state index is 12.1. The first-order chi connectivity index (χ1) is 9.24. The molecule has 1 saturated heterocycles. The fraction of sp³-hybridized carbons (Fsp3) is 1.00. The topological polar surface area (TPSA) is 40.6 Å². The number of likely N-dealkylation sites (tertiary alicyclic amines) is 1. The van der Waals surface area contributed by atoms with Crippen LogP contribution in [0.4, 0.5) is 0 Å². The molecule has 0 aliphatic carbocycles. The van der Waals surface area contributed by atoms with Crippen molar-refractivity contribution < 1.29 is 8.42 Å². The summed E-state index contributed by atoms with van der Waals surface area (Å²) in [6, 6.07) is 0.777. The second-order valence-electron chi connectivity index (χ2n) is 8.54. The summed E-state index contributed by atoms with van der Waals surface area (Å²) in [5.41, 5.74) is -0.160. The number of hydrogen-bond donors (Lipinski definition) is 0. The Bertz CT molecular complexity index is 446. The van der Waals surface area contributed by atoms with Crippen LogP contribution >= 0.6 is 0 Å². The summed E-state index contributed by atoms with van der Waals surface area (Å²) in [7, 11) is -3.19. The molecular formula is C16H34N2O2S. The van der Waals surface area contributed by atoms with E-state index in [4.69, 9.17) is 0 Å². The highest BCUT2D eigenvalue weighted by molar-refractivity contribution is 7.88. The van der Waals surface area contributed by atoms with Crippen LogP contribution in [0.3, 0.4) is 0 Å². The Balaban J connectivity index is 2.94. The van der Waals surface area contributed by atoms with Crippen molar-refractivity contribution in [2.45, 2.75) is 78.9 Å². The first-order valence-corrected chi connectivity index (χ1v) is 9.83. The SMILES string of the molecule is CC(N1CCCC1CN(C(C)(C)C)S(C)(=O)=O)C(C)(C)C. The number of sulfonamides is 1. The summed E-state index contributed by atoms with van der Waals surface area (Å²) in [6.45, 7) is 16.6. The summed E-state index contributed by atoms with van der Waals surface area (Å²) in [5, 5.41) is 0. The molecule has 21 heavy (non-hydrogen) atoms. The van der Waals surface area contributed by atoms with E-state index in [1.54, 1.807) is 4.31 Å². The van der Waals surface area contributed by atoms with Crippen molar-refractivity contribution in [3.05, 3.63) is 0 Å². The maximum absolute atomic E-state index is 12.1. The fourth-order valence-electron chi connectivity index (χ4n) is 3.16. The molecule has 0 aromatic heterocycles. The zero-order chi connectivity index (χ0) is 16.6. The second-order valence-corrected chi connectivity index (χ2v) is 10.4. The molecule has 1 aliphatic rings. The lowest BCUT2D eigenvalue weighted by Gasteiger charge is -2.42. The lowest BCUT2D eigenvalue weighted by molar-refractivity contribution is 0.0810. The zero-order valence-electron chi connectivity index (χ0n) is 15.1. The van der Waals surface area contributed by atoms with Crippen molar-refractivity contribution in [1.82, 2.24) is 9.21 Å². The Morgan fingerprint density at radius 1 is 1.19 bits per heavy atom. The van der Waals surface area contributed by atoms with E-state index >= 15 is 0 Å². The molecule has 2 unspecified atom stereocenters. The van der Waals surface area contributed by atoms with Crippen LogP contribution in [0, 0.1) is 5.41 Å². The van der Waals surface area contributed by atoms with E-state index in [2.05, 4.69) is 32.6 Å². The van der Waals surface area contributed by atoms with Gasteiger partial charge in [-0.05, 0) is 52.5 Å². The van der Waals surface area contributed by atoms with Crippen LogP contribution in [-0.2, 0) is 10.0 Å². The third-order valence-corrected chi connectivity index (χ3v) is 6.20. The lowest BCUT2D eigenvalue weighted by atomic mass is 9.86. The Labute approximate surface area is 131 Å². The zero-order valence-corrected chi connectivity index (χ0v) is 15.9. The van der Waals surface area contributed by atoms with Crippen LogP contribution < -0.4 is 0 Å². The molecule has 2 atom stereocenters. The molecule has 1 heterocycles. The highest BCUT2D eigenvalue weighted by Crippen LogP contribution is 2.32. The minimum atomic E-state index is -3.19. The van der Waals surface area contributed by atoms with Gasteiger partial charge in [-0.25, -0.2) is 8.42 Å². The predicted octanol–water partition coefficient (Wildman–Crippen LogP) is 2.95. The highest BCUT2D eigenvalue weighted by Gasteiger charge is 2.38. The molecular weight excluding hydrogens is 284 g/mol. The average molecular weight is 319 g/mol. The van der Waals surface area contributed by atoms with E-state index in [0.29, 0.717) is 18.6 Å². The molecule has 0 aromatic carbocycles. The molecule has 0 N–H and O–H groups in total. The first kappa shape index (κ1) is 18.9. The largest absolute Gasteiger partial charge is 0.296 e. The van der Waals surface area contributed by atoms with Crippen LogP contribution in [0.1, 0.15) is 61.3 Å². The molecule has 1 fully saturated rings. The van der Waals surface area contributed by atoms with Crippen molar-refractivity contribution in [3.63, 3.8) is 0 Å². The summed E-state index contributed by atoms with van der Waals surface area (Å²) in [5.74, 6) is 0. The molecule has 0 aromatic rings. The third-order valence-electron chi connectivity index (χ3n) is 4.70. The van der Waals surface area contributed by atoms with Crippen molar-refractivity contribution in [3.8, 4) is 0 Å². The second kappa shape index (κ2) is 6.17. The lowest BCUT2D eigenvalue weighted by Crippen LogP contribution is -2.53. The highest BCUT2D eigenvalue weighted by atomic mass is 32.2. The van der Waals surface area contributed by atoms with Crippen molar-refractivity contribution in [1.29, 1.82) is 0 Å². The minimum Gasteiger partial charge on any atom is -0.296 e. The standard InChI is InChI=1S/C16H34N2O2S/c1-13(15(2,3)4)17-11-9-10-14(17)12-18(16(5,6)7)21(8,19)20/h13-14H,9-12H2,1-8H3. The Kier molecular flexibility index (Phi) is 5.56. The molecule has 0 radical (unpaired) electrons. The average Bonchev–Trinajstić information content (AvgIpc) is 2.67. The van der Waals surface area contributed by atoms with Gasteiger partial charge in [0, 0.05) is 24.2 Å². The summed E-state index contributed by atoms with van der Waals surface area (Å²) >= 11 is 0. The molecule has 126 valence electrons. The molecule has 0 amide bonds. The van der Waals surface area contributed by atoms with Crippen molar-refractivity contribution >= 4 is 10.0 Å². The predicted molar refractivity (Wildman–Crippen MR) is 89.9 cm³/mol. The smallest absolute Gasteiger partial charge is 0.211 e. The van der Waals surface area contributed by atoms with Crippen LogP contribution in [0.5, 0.6) is 0 Å². The van der Waals surface area contributed by atoms with E-state index in [-0.39, 0.29) is 11.0 Å². The van der Waals surface area contributed by atoms with Gasteiger partial charge in [-0.2, -0.15) is 4.31 Å². The molecule has 4 nitrogen and oxygen atoms in total. The van der Waals surface area contributed by atoms with E-state index < -0.39 is 10.0 Å². The normalized spacial score (nSPS) is 23.8. The molecule has 0 bridgehead atoms. The Hall–Kier alpha value is -0.130. The first-order valence-electron chi connectivity index (χ1n) is 7.98. The summed E-state index contributed by atoms with van der Waals surface area (Å²) in [6.07, 6.45) is 3.57. The molecule has 1 aliphatic heterocycles. The third kappa shape index (κ3) is 4.93. The minimum absolute atomic E-state index is 0.209. The summed E-state index contributed by atoms with van der Waals surface area (Å²) < 4.78 is 26.0. The van der Waals surface area contributed by atoms with E-state index in [9.17, 15) is 8.42 Å². The number of rotatable bonds is 4. The number of nitrogens with zero attached hydrogens (tertiary/aromatic N) is 2. The van der Waals surface area contributed by atoms with Crippen LogP contribution in [-0.4, -0.2) is 54.6 Å². The van der Waals surface area contributed by atoms with Gasteiger partial charge in [0.05, 0.1) is 6.26 Å². The van der Waals surface area contributed by atoms with Crippen LogP contribution in [0.15, 0.2) is 0 Å². The van der Waals surface area contributed by atoms with Gasteiger partial charge in [0.15, 0.2) is 0 Å². The van der Waals surface area contributed by atoms with Gasteiger partial charge in [0.25, 0.3) is 0 Å². The van der Waals surface area contributed by atoms with Gasteiger partial charge in [-0.15, -0.1) is 0 Å². The van der Waals surface area contributed by atoms with Crippen LogP contribution in [0.25, 0.3) is 0 Å². The molecule has 5 heteroatoms. The van der Waals surface area contributed by atoms with Gasteiger partial charge < -0.3 is 0 Å². The van der Waals surface area contributed by atoms with E-state index in [1.165, 1.54) is 6.26 Å². The maximum Gasteiger partial charge on any atom is 0.211 e. The van der Waals surface area contributed by atoms with Gasteiger partial charge >= 0.3 is 0 Å². The van der Waals surface area contributed by atoms with Gasteiger partial charge in [0.2, 0.25) is 10.0 Å². The molecule has 0 spiro atoms. The molecule has 0 saturated carbocycles. The Morgan fingerprint density at radius 2 is 1.71 bits per heavy atom. The fourth-order valence-corrected chi connectivity index (χ4v) is 4.60. The van der Waals surface area contributed by atoms with Crippen LogP contribution in [0.2, 0.25) is 0 Å². The monoisotopic (exact) mass is 318 g/mol. The Morgan fingerprint density at radius 3 is 2.10 bits per heavy atom. The van der Waals surface area contributed by atoms with Crippen molar-refractivity contribution in [2.75, 3.05) is 19.3 Å². The quantitative estimate of drug-likeness (QED) is 0.800. The van der Waals surface area contributed by atoms with Gasteiger partial charge in [-0.3, -0.25) is 4.90 Å². The summed E-state index contributed by atoms with van der Waals surface area (Å²) in [4.78, 5) is 2.50. The van der Waals surface area contributed by atoms with Gasteiger partial charge in [-0.1, -0.05) is 20.8 Å². The number of hydrogen-bond acceptors (Lipinski definition) is 3. The van der Waals surface area contributed by atoms with E-state index in [0.717, 1.165) is 19.4 Å². The molecule has 1 rings (SSSR count). The van der Waals surface area contributed by atoms with Gasteiger partial charge in [0.1, 0.15) is 0 Å².